The molecule has 0 atom stereocenters. The van der Waals surface area contributed by atoms with Crippen molar-refractivity contribution in [3.8, 4) is 0 Å². The van der Waals surface area contributed by atoms with Crippen LogP contribution in [0.5, 0.6) is 0 Å². The lowest BCUT2D eigenvalue weighted by Crippen LogP contribution is -1.63. The van der Waals surface area contributed by atoms with E-state index in [2.05, 4.69) is 35.2 Å². The molecular weight excluding hydrogens is 184 g/mol. The topological polar surface area (TPSA) is 0 Å². The van der Waals surface area contributed by atoms with Crippen LogP contribution in [-0.4, -0.2) is 0 Å². The Hall–Kier alpha value is 0.180. The summed E-state index contributed by atoms with van der Waals surface area (Å²) in [6.45, 7) is 4.22. The van der Waals surface area contributed by atoms with Crippen molar-refractivity contribution in [3.05, 3.63) is 20.3 Å². The smallest absolute Gasteiger partial charge is 0.0340 e. The van der Waals surface area contributed by atoms with Crippen molar-refractivity contribution in [1.29, 1.82) is 0 Å². The van der Waals surface area contributed by atoms with Gasteiger partial charge >= 0.3 is 0 Å². The Labute approximate surface area is 61.7 Å². The van der Waals surface area contributed by atoms with Gasteiger partial charge in [-0.25, -0.2) is 0 Å². The summed E-state index contributed by atoms with van der Waals surface area (Å²) in [5, 5.41) is 2.15. The molecule has 0 bridgehead atoms. The third-order valence-electron chi connectivity index (χ3n) is 1.07. The van der Waals surface area contributed by atoms with Crippen molar-refractivity contribution in [2.24, 2.45) is 0 Å². The standard InChI is InChI=1S/C6H7BrS/c1-4-3-8-5(2)6(4)7/h3H,1-2H3. The molecular formula is C6H7BrS. The van der Waals surface area contributed by atoms with E-state index in [1.54, 1.807) is 11.3 Å². The van der Waals surface area contributed by atoms with Gasteiger partial charge in [-0.15, -0.1) is 11.3 Å². The first-order valence-corrected chi connectivity index (χ1v) is 4.09. The molecule has 0 fully saturated rings. The fraction of sp³-hybridized carbons (Fsp3) is 0.333. The minimum Gasteiger partial charge on any atom is -0.148 e. The summed E-state index contributed by atoms with van der Waals surface area (Å²) in [6.07, 6.45) is 0. The van der Waals surface area contributed by atoms with Gasteiger partial charge in [0.1, 0.15) is 0 Å². The van der Waals surface area contributed by atoms with Gasteiger partial charge in [0.05, 0.1) is 0 Å². The first-order chi connectivity index (χ1) is 3.72. The maximum absolute atomic E-state index is 3.46. The van der Waals surface area contributed by atoms with E-state index in [1.165, 1.54) is 14.9 Å². The zero-order chi connectivity index (χ0) is 6.15. The summed E-state index contributed by atoms with van der Waals surface area (Å²) < 4.78 is 1.27. The number of rotatable bonds is 0. The van der Waals surface area contributed by atoms with Gasteiger partial charge in [0.15, 0.2) is 0 Å². The Morgan fingerprint density at radius 2 is 2.12 bits per heavy atom. The number of hydrogen-bond acceptors (Lipinski definition) is 1. The van der Waals surface area contributed by atoms with Crippen LogP contribution in [0.1, 0.15) is 10.4 Å². The van der Waals surface area contributed by atoms with E-state index in [-0.39, 0.29) is 0 Å². The Morgan fingerprint density at radius 3 is 2.25 bits per heavy atom. The molecule has 0 unspecified atom stereocenters. The predicted molar refractivity (Wildman–Crippen MR) is 41.5 cm³/mol. The van der Waals surface area contributed by atoms with E-state index >= 15 is 0 Å². The predicted octanol–water partition coefficient (Wildman–Crippen LogP) is 3.13. The SMILES string of the molecule is Cc1csc(C)c1Br. The Balaban J connectivity index is 3.19. The second kappa shape index (κ2) is 2.19. The highest BCUT2D eigenvalue weighted by atomic mass is 79.9. The Morgan fingerprint density at radius 1 is 1.50 bits per heavy atom. The van der Waals surface area contributed by atoms with Crippen LogP contribution in [0.25, 0.3) is 0 Å². The largest absolute Gasteiger partial charge is 0.148 e. The molecule has 0 nitrogen and oxygen atoms in total. The van der Waals surface area contributed by atoms with Crippen LogP contribution in [0.4, 0.5) is 0 Å². The summed E-state index contributed by atoms with van der Waals surface area (Å²) in [5.74, 6) is 0. The van der Waals surface area contributed by atoms with Crippen LogP contribution >= 0.6 is 27.3 Å². The van der Waals surface area contributed by atoms with Crippen molar-refractivity contribution in [2.45, 2.75) is 13.8 Å². The second-order valence-corrected chi connectivity index (χ2v) is 3.67. The van der Waals surface area contributed by atoms with Gasteiger partial charge < -0.3 is 0 Å². The van der Waals surface area contributed by atoms with Crippen molar-refractivity contribution in [3.63, 3.8) is 0 Å². The lowest BCUT2D eigenvalue weighted by molar-refractivity contribution is 1.46. The molecule has 1 rings (SSSR count). The lowest BCUT2D eigenvalue weighted by Gasteiger charge is -1.84. The summed E-state index contributed by atoms with van der Waals surface area (Å²) in [7, 11) is 0. The van der Waals surface area contributed by atoms with Crippen LogP contribution in [0.15, 0.2) is 9.85 Å². The minimum atomic E-state index is 1.27. The molecule has 2 heteroatoms. The summed E-state index contributed by atoms with van der Waals surface area (Å²) >= 11 is 5.24. The number of halogens is 1. The molecule has 1 aromatic rings. The molecule has 1 heterocycles. The maximum atomic E-state index is 3.46. The third-order valence-corrected chi connectivity index (χ3v) is 3.58. The van der Waals surface area contributed by atoms with Crippen molar-refractivity contribution in [1.82, 2.24) is 0 Å². The van der Waals surface area contributed by atoms with E-state index < -0.39 is 0 Å². The second-order valence-electron chi connectivity index (χ2n) is 1.79. The Kier molecular flexibility index (Phi) is 1.73. The van der Waals surface area contributed by atoms with Crippen LogP contribution in [0.2, 0.25) is 0 Å². The summed E-state index contributed by atoms with van der Waals surface area (Å²) in [5.41, 5.74) is 1.34. The normalized spacial score (nSPS) is 9.88. The molecule has 1 aromatic heterocycles. The molecule has 0 saturated heterocycles. The molecule has 44 valence electrons. The van der Waals surface area contributed by atoms with E-state index in [1.807, 2.05) is 0 Å². The van der Waals surface area contributed by atoms with Crippen LogP contribution in [0, 0.1) is 13.8 Å². The highest BCUT2D eigenvalue weighted by Gasteiger charge is 1.97. The highest BCUT2D eigenvalue weighted by molar-refractivity contribution is 9.10. The van der Waals surface area contributed by atoms with Gasteiger partial charge in [-0.3, -0.25) is 0 Å². The Bertz CT molecular complexity index is 171. The zero-order valence-corrected chi connectivity index (χ0v) is 7.27. The van der Waals surface area contributed by atoms with Crippen molar-refractivity contribution in [2.75, 3.05) is 0 Å². The van der Waals surface area contributed by atoms with Gasteiger partial charge in [0.2, 0.25) is 0 Å². The first kappa shape index (κ1) is 6.30. The average Bonchev–Trinajstić information content (AvgIpc) is 1.98. The summed E-state index contributed by atoms with van der Waals surface area (Å²) in [4.78, 5) is 1.36. The van der Waals surface area contributed by atoms with Crippen molar-refractivity contribution >= 4 is 27.3 Å². The lowest BCUT2D eigenvalue weighted by atomic mass is 10.4. The van der Waals surface area contributed by atoms with Gasteiger partial charge in [-0.2, -0.15) is 0 Å². The fourth-order valence-electron chi connectivity index (χ4n) is 0.558. The molecule has 0 aliphatic heterocycles. The molecule has 0 aliphatic rings. The van der Waals surface area contributed by atoms with Crippen molar-refractivity contribution < 1.29 is 0 Å². The summed E-state index contributed by atoms with van der Waals surface area (Å²) in [6, 6.07) is 0. The third kappa shape index (κ3) is 0.955. The number of hydrogen-bond donors (Lipinski definition) is 0. The van der Waals surface area contributed by atoms with E-state index in [0.717, 1.165) is 0 Å². The molecule has 0 aromatic carbocycles. The molecule has 0 aliphatic carbocycles. The van der Waals surface area contributed by atoms with E-state index in [0.29, 0.717) is 0 Å². The van der Waals surface area contributed by atoms with Gasteiger partial charge in [-0.1, -0.05) is 0 Å². The monoisotopic (exact) mass is 190 g/mol. The fourth-order valence-corrected chi connectivity index (χ4v) is 1.84. The van der Waals surface area contributed by atoms with E-state index in [9.17, 15) is 0 Å². The molecule has 0 radical (unpaired) electrons. The average molecular weight is 191 g/mol. The zero-order valence-electron chi connectivity index (χ0n) is 4.86. The van der Waals surface area contributed by atoms with Gasteiger partial charge in [0, 0.05) is 9.35 Å². The van der Waals surface area contributed by atoms with Crippen LogP contribution < -0.4 is 0 Å². The first-order valence-electron chi connectivity index (χ1n) is 2.42. The highest BCUT2D eigenvalue weighted by Crippen LogP contribution is 2.25. The van der Waals surface area contributed by atoms with Gasteiger partial charge in [0.25, 0.3) is 0 Å². The van der Waals surface area contributed by atoms with Gasteiger partial charge in [-0.05, 0) is 40.7 Å². The number of thiophene rings is 1. The number of aryl methyl sites for hydroxylation is 2. The maximum Gasteiger partial charge on any atom is 0.0340 e. The van der Waals surface area contributed by atoms with E-state index in [4.69, 9.17) is 0 Å². The molecule has 0 saturated carbocycles. The molecule has 0 amide bonds. The molecule has 0 N–H and O–H groups in total. The van der Waals surface area contributed by atoms with Crippen LogP contribution in [0.3, 0.4) is 0 Å². The molecule has 0 spiro atoms. The molecule has 8 heavy (non-hydrogen) atoms. The minimum absolute atomic E-state index is 1.27. The quantitative estimate of drug-likeness (QED) is 0.590. The van der Waals surface area contributed by atoms with Crippen LogP contribution in [-0.2, 0) is 0 Å².